The summed E-state index contributed by atoms with van der Waals surface area (Å²) < 4.78 is 0. The molecule has 0 aromatic heterocycles. The van der Waals surface area contributed by atoms with Crippen LogP contribution in [0, 0.1) is 0 Å². The Labute approximate surface area is 64.2 Å². The average molecular weight is 160 g/mol. The molecular weight excluding hydrogens is 148 g/mol. The number of piperidine rings is 1. The number of carboxylic acid groups (broad SMARTS) is 1. The first-order valence-electron chi connectivity index (χ1n) is 3.53. The van der Waals surface area contributed by atoms with Crippen LogP contribution in [0.3, 0.4) is 0 Å². The lowest BCUT2D eigenvalue weighted by Gasteiger charge is -2.30. The SMILES string of the molecule is N[C@H]1[C@@H](C(=O)O)NCC[C@@H]1O. The van der Waals surface area contributed by atoms with Crippen molar-refractivity contribution in [3.63, 3.8) is 0 Å². The maximum absolute atomic E-state index is 10.5. The Bertz CT molecular complexity index is 162. The number of aliphatic hydroxyl groups is 1. The number of carbonyl (C=O) groups is 1. The molecule has 11 heavy (non-hydrogen) atoms. The van der Waals surface area contributed by atoms with Crippen LogP contribution >= 0.6 is 0 Å². The van der Waals surface area contributed by atoms with E-state index in [0.29, 0.717) is 13.0 Å². The Hall–Kier alpha value is -0.650. The number of hydrogen-bond donors (Lipinski definition) is 4. The largest absolute Gasteiger partial charge is 0.480 e. The zero-order valence-electron chi connectivity index (χ0n) is 6.03. The summed E-state index contributed by atoms with van der Waals surface area (Å²) in [6, 6.07) is -1.50. The third-order valence-electron chi connectivity index (χ3n) is 1.90. The lowest BCUT2D eigenvalue weighted by atomic mass is 9.97. The van der Waals surface area contributed by atoms with Gasteiger partial charge in [0.1, 0.15) is 6.04 Å². The molecule has 0 spiro atoms. The third kappa shape index (κ3) is 1.68. The molecule has 0 aromatic carbocycles. The molecule has 5 heteroatoms. The molecule has 0 saturated carbocycles. The zero-order chi connectivity index (χ0) is 8.43. The molecule has 1 aliphatic heterocycles. The molecule has 0 bridgehead atoms. The van der Waals surface area contributed by atoms with Crippen molar-refractivity contribution in [1.82, 2.24) is 5.32 Å². The van der Waals surface area contributed by atoms with Crippen molar-refractivity contribution >= 4 is 5.97 Å². The van der Waals surface area contributed by atoms with Crippen LogP contribution in [0.15, 0.2) is 0 Å². The summed E-state index contributed by atoms with van der Waals surface area (Å²) in [5, 5.41) is 20.5. The van der Waals surface area contributed by atoms with Crippen molar-refractivity contribution in [3.8, 4) is 0 Å². The molecule has 64 valence electrons. The Morgan fingerprint density at radius 1 is 1.64 bits per heavy atom. The predicted molar refractivity (Wildman–Crippen MR) is 38.0 cm³/mol. The number of carboxylic acids is 1. The van der Waals surface area contributed by atoms with E-state index >= 15 is 0 Å². The molecule has 5 nitrogen and oxygen atoms in total. The number of rotatable bonds is 1. The molecule has 0 amide bonds. The van der Waals surface area contributed by atoms with Crippen molar-refractivity contribution in [2.75, 3.05) is 6.54 Å². The summed E-state index contributed by atoms with van der Waals surface area (Å²) >= 11 is 0. The first-order chi connectivity index (χ1) is 5.13. The summed E-state index contributed by atoms with van der Waals surface area (Å²) in [6.07, 6.45) is -0.178. The fraction of sp³-hybridized carbons (Fsp3) is 0.833. The number of aliphatic carboxylic acids is 1. The topological polar surface area (TPSA) is 95.6 Å². The molecule has 1 aliphatic rings. The van der Waals surface area contributed by atoms with E-state index in [-0.39, 0.29) is 0 Å². The fourth-order valence-corrected chi connectivity index (χ4v) is 1.19. The smallest absolute Gasteiger partial charge is 0.322 e. The minimum absolute atomic E-state index is 0.506. The van der Waals surface area contributed by atoms with Gasteiger partial charge >= 0.3 is 5.97 Å². The highest BCUT2D eigenvalue weighted by molar-refractivity contribution is 5.74. The molecule has 3 atom stereocenters. The van der Waals surface area contributed by atoms with E-state index in [1.807, 2.05) is 0 Å². The maximum Gasteiger partial charge on any atom is 0.322 e. The quantitative estimate of drug-likeness (QED) is 0.360. The van der Waals surface area contributed by atoms with Gasteiger partial charge in [-0.15, -0.1) is 0 Å². The van der Waals surface area contributed by atoms with Gasteiger partial charge in [-0.1, -0.05) is 0 Å². The van der Waals surface area contributed by atoms with Gasteiger partial charge in [0.15, 0.2) is 0 Å². The highest BCUT2D eigenvalue weighted by Crippen LogP contribution is 2.07. The molecule has 0 aliphatic carbocycles. The standard InChI is InChI=1S/C6H12N2O3/c7-4-3(9)1-2-8-5(4)6(10)11/h3-5,8-9H,1-2,7H2,(H,10,11)/t3-,4+,5-/m0/s1. The fourth-order valence-electron chi connectivity index (χ4n) is 1.19. The minimum atomic E-state index is -1.00. The molecule has 5 N–H and O–H groups in total. The van der Waals surface area contributed by atoms with Gasteiger partial charge in [-0.2, -0.15) is 0 Å². The van der Waals surface area contributed by atoms with Crippen LogP contribution in [0.1, 0.15) is 6.42 Å². The lowest BCUT2D eigenvalue weighted by molar-refractivity contribution is -0.141. The molecular formula is C6H12N2O3. The van der Waals surface area contributed by atoms with E-state index in [1.54, 1.807) is 0 Å². The molecule has 1 heterocycles. The van der Waals surface area contributed by atoms with Crippen LogP contribution in [-0.2, 0) is 4.79 Å². The second kappa shape index (κ2) is 3.17. The van der Waals surface area contributed by atoms with Gasteiger partial charge in [0.25, 0.3) is 0 Å². The monoisotopic (exact) mass is 160 g/mol. The average Bonchev–Trinajstić information content (AvgIpc) is 1.94. The summed E-state index contributed by atoms with van der Waals surface area (Å²) in [4.78, 5) is 10.5. The highest BCUT2D eigenvalue weighted by atomic mass is 16.4. The van der Waals surface area contributed by atoms with E-state index in [0.717, 1.165) is 0 Å². The minimum Gasteiger partial charge on any atom is -0.480 e. The molecule has 1 fully saturated rings. The van der Waals surface area contributed by atoms with Crippen LogP contribution in [0.4, 0.5) is 0 Å². The van der Waals surface area contributed by atoms with Crippen LogP contribution < -0.4 is 11.1 Å². The van der Waals surface area contributed by atoms with E-state index in [1.165, 1.54) is 0 Å². The van der Waals surface area contributed by atoms with Crippen molar-refractivity contribution in [3.05, 3.63) is 0 Å². The van der Waals surface area contributed by atoms with Gasteiger partial charge in [-0.3, -0.25) is 4.79 Å². The van der Waals surface area contributed by atoms with Gasteiger partial charge in [-0.25, -0.2) is 0 Å². The van der Waals surface area contributed by atoms with Crippen molar-refractivity contribution in [1.29, 1.82) is 0 Å². The lowest BCUT2D eigenvalue weighted by Crippen LogP contribution is -2.60. The van der Waals surface area contributed by atoms with Crippen molar-refractivity contribution in [2.24, 2.45) is 5.73 Å². The first kappa shape index (κ1) is 8.45. The predicted octanol–water partition coefficient (Wildman–Crippen LogP) is -1.88. The van der Waals surface area contributed by atoms with Crippen LogP contribution in [0.2, 0.25) is 0 Å². The Morgan fingerprint density at radius 3 is 2.73 bits per heavy atom. The number of aliphatic hydroxyl groups excluding tert-OH is 1. The van der Waals surface area contributed by atoms with Gasteiger partial charge in [-0.05, 0) is 13.0 Å². The second-order valence-corrected chi connectivity index (χ2v) is 2.70. The Morgan fingerprint density at radius 2 is 2.27 bits per heavy atom. The van der Waals surface area contributed by atoms with Gasteiger partial charge in [0.2, 0.25) is 0 Å². The highest BCUT2D eigenvalue weighted by Gasteiger charge is 2.33. The van der Waals surface area contributed by atoms with Crippen molar-refractivity contribution < 1.29 is 15.0 Å². The van der Waals surface area contributed by atoms with Gasteiger partial charge in [0.05, 0.1) is 12.1 Å². The van der Waals surface area contributed by atoms with Crippen molar-refractivity contribution in [2.45, 2.75) is 24.6 Å². The van der Waals surface area contributed by atoms with E-state index in [9.17, 15) is 4.79 Å². The molecule has 0 radical (unpaired) electrons. The van der Waals surface area contributed by atoms with Crippen LogP contribution in [-0.4, -0.2) is 40.9 Å². The zero-order valence-corrected chi connectivity index (χ0v) is 6.03. The van der Waals surface area contributed by atoms with Gasteiger partial charge in [0, 0.05) is 0 Å². The summed E-state index contributed by atoms with van der Waals surface area (Å²) in [7, 11) is 0. The van der Waals surface area contributed by atoms with Gasteiger partial charge < -0.3 is 21.3 Å². The second-order valence-electron chi connectivity index (χ2n) is 2.70. The van der Waals surface area contributed by atoms with Crippen LogP contribution in [0.5, 0.6) is 0 Å². The van der Waals surface area contributed by atoms with E-state index in [4.69, 9.17) is 15.9 Å². The molecule has 1 rings (SSSR count). The van der Waals surface area contributed by atoms with E-state index in [2.05, 4.69) is 5.32 Å². The summed E-state index contributed by atoms with van der Waals surface area (Å²) in [6.45, 7) is 0.506. The third-order valence-corrected chi connectivity index (χ3v) is 1.90. The first-order valence-corrected chi connectivity index (χ1v) is 3.53. The maximum atomic E-state index is 10.5. The molecule has 0 aromatic rings. The summed E-state index contributed by atoms with van der Waals surface area (Å²) in [5.74, 6) is -1.00. The normalized spacial score (nSPS) is 38.5. The van der Waals surface area contributed by atoms with E-state index < -0.39 is 24.2 Å². The molecule has 0 unspecified atom stereocenters. The van der Waals surface area contributed by atoms with Crippen LogP contribution in [0.25, 0.3) is 0 Å². The Kier molecular flexibility index (Phi) is 2.43. The number of nitrogens with two attached hydrogens (primary N) is 1. The Balaban J connectivity index is 2.58. The molecule has 1 saturated heterocycles. The number of nitrogens with one attached hydrogen (secondary N) is 1. The number of hydrogen-bond acceptors (Lipinski definition) is 4. The summed E-state index contributed by atoms with van der Waals surface area (Å²) in [5.41, 5.74) is 5.43.